The van der Waals surface area contributed by atoms with Crippen molar-refractivity contribution in [1.82, 2.24) is 0 Å². The van der Waals surface area contributed by atoms with Crippen LogP contribution in [0.1, 0.15) is 75.0 Å². The van der Waals surface area contributed by atoms with Gasteiger partial charge >= 0.3 is 0 Å². The lowest BCUT2D eigenvalue weighted by molar-refractivity contribution is 0.297. The fourth-order valence-electron chi connectivity index (χ4n) is 5.08. The highest BCUT2D eigenvalue weighted by molar-refractivity contribution is 5.65. The van der Waals surface area contributed by atoms with E-state index in [1.165, 1.54) is 6.07 Å². The molecule has 1 fully saturated rings. The van der Waals surface area contributed by atoms with Gasteiger partial charge in [-0.1, -0.05) is 63.1 Å². The molecule has 1 nitrogen and oxygen atoms in total. The van der Waals surface area contributed by atoms with Gasteiger partial charge in [-0.25, -0.2) is 17.6 Å². The van der Waals surface area contributed by atoms with Crippen LogP contribution in [0, 0.1) is 29.2 Å². The van der Waals surface area contributed by atoms with Gasteiger partial charge in [0.05, 0.1) is 0 Å². The first-order valence-corrected chi connectivity index (χ1v) is 12.6. The monoisotopic (exact) mass is 484 g/mol. The Morgan fingerprint density at radius 2 is 1.37 bits per heavy atom. The molecule has 0 aliphatic heterocycles. The molecule has 1 aliphatic rings. The molecular formula is C30H32F4O. The SMILES string of the molecule is CCCc1ccc(COc2ccc(-c3ccc(C4CCC(CC)CC4)c(F)c3F)cc2)c(F)c1F. The molecule has 0 spiro atoms. The van der Waals surface area contributed by atoms with Crippen molar-refractivity contribution in [3.63, 3.8) is 0 Å². The Kier molecular flexibility index (Phi) is 8.15. The fraction of sp³-hybridized carbons (Fsp3) is 0.400. The summed E-state index contributed by atoms with van der Waals surface area (Å²) in [7, 11) is 0. The standard InChI is InChI=1S/C30H32F4O/c1-3-5-22-10-11-23(28(32)27(22)31)18-35-24-14-12-21(13-15-24)26-17-16-25(29(33)30(26)34)20-8-6-19(4-2)7-9-20/h10-17,19-20H,3-9,18H2,1-2H3. The summed E-state index contributed by atoms with van der Waals surface area (Å²) in [6, 6.07) is 13.0. The van der Waals surface area contributed by atoms with Crippen molar-refractivity contribution < 1.29 is 22.3 Å². The fourth-order valence-corrected chi connectivity index (χ4v) is 5.08. The topological polar surface area (TPSA) is 9.23 Å². The maximum absolute atomic E-state index is 15.0. The summed E-state index contributed by atoms with van der Waals surface area (Å²) >= 11 is 0. The van der Waals surface area contributed by atoms with Gasteiger partial charge in [0.25, 0.3) is 0 Å². The molecule has 0 unspecified atom stereocenters. The summed E-state index contributed by atoms with van der Waals surface area (Å²) in [6.45, 7) is 3.95. The van der Waals surface area contributed by atoms with E-state index in [9.17, 15) is 13.2 Å². The maximum atomic E-state index is 15.0. The Morgan fingerprint density at radius 1 is 0.714 bits per heavy atom. The number of ether oxygens (including phenoxy) is 1. The molecule has 186 valence electrons. The lowest BCUT2D eigenvalue weighted by Gasteiger charge is -2.28. The van der Waals surface area contributed by atoms with Crippen molar-refractivity contribution in [1.29, 1.82) is 0 Å². The third-order valence-corrected chi connectivity index (χ3v) is 7.30. The molecule has 0 N–H and O–H groups in total. The highest BCUT2D eigenvalue weighted by Gasteiger charge is 2.26. The van der Waals surface area contributed by atoms with E-state index in [0.717, 1.165) is 38.5 Å². The van der Waals surface area contributed by atoms with Crippen LogP contribution < -0.4 is 4.74 Å². The Morgan fingerprint density at radius 3 is 2.03 bits per heavy atom. The number of rotatable bonds is 8. The zero-order valence-electron chi connectivity index (χ0n) is 20.4. The minimum absolute atomic E-state index is 0.0680. The van der Waals surface area contributed by atoms with E-state index in [2.05, 4.69) is 6.92 Å². The van der Waals surface area contributed by atoms with Gasteiger partial charge in [0, 0.05) is 11.1 Å². The zero-order chi connectivity index (χ0) is 24.9. The van der Waals surface area contributed by atoms with Crippen LogP contribution in [0.4, 0.5) is 17.6 Å². The van der Waals surface area contributed by atoms with E-state index in [1.54, 1.807) is 42.5 Å². The average Bonchev–Trinajstić information content (AvgIpc) is 2.88. The molecule has 0 radical (unpaired) electrons. The van der Waals surface area contributed by atoms with Crippen molar-refractivity contribution in [3.05, 3.63) is 88.5 Å². The molecule has 1 saturated carbocycles. The minimum Gasteiger partial charge on any atom is -0.489 e. The first-order chi connectivity index (χ1) is 16.9. The Hall–Kier alpha value is -2.82. The lowest BCUT2D eigenvalue weighted by atomic mass is 9.77. The molecule has 0 saturated heterocycles. The quantitative estimate of drug-likeness (QED) is 0.290. The molecule has 35 heavy (non-hydrogen) atoms. The van der Waals surface area contributed by atoms with Gasteiger partial charge in [0.2, 0.25) is 0 Å². The number of hydrogen-bond donors (Lipinski definition) is 0. The molecule has 0 atom stereocenters. The van der Waals surface area contributed by atoms with Crippen LogP contribution in [0.5, 0.6) is 5.75 Å². The van der Waals surface area contributed by atoms with Crippen LogP contribution in [-0.4, -0.2) is 0 Å². The smallest absolute Gasteiger partial charge is 0.166 e. The maximum Gasteiger partial charge on any atom is 0.166 e. The summed E-state index contributed by atoms with van der Waals surface area (Å²) in [6.07, 6.45) is 6.25. The summed E-state index contributed by atoms with van der Waals surface area (Å²) in [5.74, 6) is -2.13. The van der Waals surface area contributed by atoms with Gasteiger partial charge in [-0.05, 0) is 72.8 Å². The molecule has 1 aliphatic carbocycles. The van der Waals surface area contributed by atoms with Crippen molar-refractivity contribution in [2.45, 2.75) is 71.3 Å². The van der Waals surface area contributed by atoms with Crippen LogP contribution in [0.3, 0.4) is 0 Å². The molecule has 4 rings (SSSR count). The molecule has 0 aromatic heterocycles. The van der Waals surface area contributed by atoms with E-state index >= 15 is 4.39 Å². The summed E-state index contributed by atoms with van der Waals surface area (Å²) in [5, 5.41) is 0. The molecule has 3 aromatic carbocycles. The number of aryl methyl sites for hydroxylation is 1. The van der Waals surface area contributed by atoms with E-state index in [-0.39, 0.29) is 23.7 Å². The van der Waals surface area contributed by atoms with Gasteiger partial charge in [0.1, 0.15) is 12.4 Å². The molecular weight excluding hydrogens is 452 g/mol. The molecule has 0 bridgehead atoms. The predicted octanol–water partition coefficient (Wildman–Crippen LogP) is 9.13. The van der Waals surface area contributed by atoms with Crippen LogP contribution >= 0.6 is 0 Å². The summed E-state index contributed by atoms with van der Waals surface area (Å²) in [5.41, 5.74) is 1.67. The zero-order valence-corrected chi connectivity index (χ0v) is 20.4. The van der Waals surface area contributed by atoms with E-state index in [0.29, 0.717) is 34.8 Å². The molecule has 5 heteroatoms. The third-order valence-electron chi connectivity index (χ3n) is 7.30. The van der Waals surface area contributed by atoms with Crippen LogP contribution in [-0.2, 0) is 13.0 Å². The predicted molar refractivity (Wildman–Crippen MR) is 131 cm³/mol. The number of hydrogen-bond acceptors (Lipinski definition) is 1. The first-order valence-electron chi connectivity index (χ1n) is 12.6. The second-order valence-corrected chi connectivity index (χ2v) is 9.53. The summed E-state index contributed by atoms with van der Waals surface area (Å²) < 4.78 is 64.1. The third kappa shape index (κ3) is 5.55. The first kappa shape index (κ1) is 25.3. The van der Waals surface area contributed by atoms with Gasteiger partial charge in [-0.3, -0.25) is 0 Å². The van der Waals surface area contributed by atoms with E-state index < -0.39 is 23.3 Å². The number of benzene rings is 3. The Bertz CT molecular complexity index is 1150. The Balaban J connectivity index is 1.44. The minimum atomic E-state index is -0.895. The largest absolute Gasteiger partial charge is 0.489 e. The average molecular weight is 485 g/mol. The van der Waals surface area contributed by atoms with Crippen LogP contribution in [0.25, 0.3) is 11.1 Å². The van der Waals surface area contributed by atoms with Gasteiger partial charge in [-0.15, -0.1) is 0 Å². The van der Waals surface area contributed by atoms with Gasteiger partial charge in [-0.2, -0.15) is 0 Å². The van der Waals surface area contributed by atoms with Crippen molar-refractivity contribution in [2.24, 2.45) is 5.92 Å². The van der Waals surface area contributed by atoms with Crippen LogP contribution in [0.15, 0.2) is 48.5 Å². The molecule has 0 heterocycles. The van der Waals surface area contributed by atoms with Crippen molar-refractivity contribution in [2.75, 3.05) is 0 Å². The second kappa shape index (κ2) is 11.3. The highest BCUT2D eigenvalue weighted by atomic mass is 19.2. The van der Waals surface area contributed by atoms with E-state index in [1.807, 2.05) is 6.92 Å². The normalized spacial score (nSPS) is 18.0. The van der Waals surface area contributed by atoms with Crippen molar-refractivity contribution in [3.8, 4) is 16.9 Å². The van der Waals surface area contributed by atoms with E-state index in [4.69, 9.17) is 4.74 Å². The van der Waals surface area contributed by atoms with Gasteiger partial charge in [0.15, 0.2) is 23.3 Å². The Labute approximate surface area is 205 Å². The second-order valence-electron chi connectivity index (χ2n) is 9.53. The van der Waals surface area contributed by atoms with Crippen LogP contribution in [0.2, 0.25) is 0 Å². The van der Waals surface area contributed by atoms with Crippen molar-refractivity contribution >= 4 is 0 Å². The molecule has 3 aromatic rings. The molecule has 0 amide bonds. The summed E-state index contributed by atoms with van der Waals surface area (Å²) in [4.78, 5) is 0. The number of halogens is 4. The lowest BCUT2D eigenvalue weighted by Crippen LogP contribution is -2.14. The highest BCUT2D eigenvalue weighted by Crippen LogP contribution is 2.39. The van der Waals surface area contributed by atoms with Gasteiger partial charge < -0.3 is 4.74 Å².